The van der Waals surface area contributed by atoms with Crippen molar-refractivity contribution in [3.8, 4) is 0 Å². The summed E-state index contributed by atoms with van der Waals surface area (Å²) in [5, 5.41) is 4.39. The fourth-order valence-corrected chi connectivity index (χ4v) is 2.65. The van der Waals surface area contributed by atoms with E-state index in [1.807, 2.05) is 43.2 Å². The fourth-order valence-electron chi connectivity index (χ4n) is 2.15. The van der Waals surface area contributed by atoms with Crippen molar-refractivity contribution in [2.75, 3.05) is 0 Å². The van der Waals surface area contributed by atoms with E-state index in [1.54, 1.807) is 0 Å². The highest BCUT2D eigenvalue weighted by Crippen LogP contribution is 2.21. The van der Waals surface area contributed by atoms with Crippen LogP contribution < -0.4 is 5.73 Å². The Balaban J connectivity index is 1.92. The second-order valence-corrected chi connectivity index (χ2v) is 5.62. The number of halogens is 1. The molecule has 0 saturated heterocycles. The van der Waals surface area contributed by atoms with E-state index in [2.05, 4.69) is 26.0 Å². The zero-order valence-electron chi connectivity index (χ0n) is 11.3. The van der Waals surface area contributed by atoms with Gasteiger partial charge in [-0.1, -0.05) is 0 Å². The van der Waals surface area contributed by atoms with Gasteiger partial charge in [0.1, 0.15) is 0 Å². The van der Waals surface area contributed by atoms with Crippen molar-refractivity contribution in [2.24, 2.45) is 12.8 Å². The summed E-state index contributed by atoms with van der Waals surface area (Å²) in [7, 11) is 1.96. The molecule has 0 radical (unpaired) electrons. The van der Waals surface area contributed by atoms with Crippen molar-refractivity contribution >= 4 is 15.9 Å². The second kappa shape index (κ2) is 6.30. The van der Waals surface area contributed by atoms with Crippen molar-refractivity contribution in [2.45, 2.75) is 32.2 Å². The van der Waals surface area contributed by atoms with Crippen LogP contribution in [0.3, 0.4) is 0 Å². The molecular weight excluding hydrogens is 304 g/mol. The Kier molecular flexibility index (Phi) is 4.71. The summed E-state index contributed by atoms with van der Waals surface area (Å²) >= 11 is 3.58. The highest BCUT2D eigenvalue weighted by molar-refractivity contribution is 9.10. The lowest BCUT2D eigenvalue weighted by molar-refractivity contribution is 0.576. The van der Waals surface area contributed by atoms with Gasteiger partial charge < -0.3 is 5.73 Å². The highest BCUT2D eigenvalue weighted by Gasteiger charge is 2.14. The molecule has 19 heavy (non-hydrogen) atoms. The van der Waals surface area contributed by atoms with Crippen LogP contribution in [-0.2, 0) is 19.9 Å². The Labute approximate surface area is 122 Å². The first-order chi connectivity index (χ1) is 9.08. The third kappa shape index (κ3) is 3.64. The Hall–Kier alpha value is -1.20. The van der Waals surface area contributed by atoms with Crippen molar-refractivity contribution < 1.29 is 0 Å². The molecule has 0 amide bonds. The molecule has 0 bridgehead atoms. The summed E-state index contributed by atoms with van der Waals surface area (Å²) in [5.41, 5.74) is 9.69. The Morgan fingerprint density at radius 1 is 1.37 bits per heavy atom. The minimum absolute atomic E-state index is 0.138. The van der Waals surface area contributed by atoms with Crippen LogP contribution in [0.4, 0.5) is 0 Å². The van der Waals surface area contributed by atoms with Crippen molar-refractivity contribution in [3.05, 3.63) is 46.0 Å². The van der Waals surface area contributed by atoms with Gasteiger partial charge in [0.25, 0.3) is 0 Å². The van der Waals surface area contributed by atoms with Gasteiger partial charge in [-0.15, -0.1) is 0 Å². The predicted octanol–water partition coefficient (Wildman–Crippen LogP) is 2.39. The summed E-state index contributed by atoms with van der Waals surface area (Å²) in [6, 6.07) is 4.22. The van der Waals surface area contributed by atoms with Crippen LogP contribution in [0.2, 0.25) is 0 Å². The number of rotatable bonds is 5. The van der Waals surface area contributed by atoms with Gasteiger partial charge in [0.15, 0.2) is 0 Å². The minimum Gasteiger partial charge on any atom is -0.327 e. The molecule has 2 rings (SSSR count). The zero-order valence-corrected chi connectivity index (χ0v) is 12.9. The third-order valence-electron chi connectivity index (χ3n) is 3.27. The average Bonchev–Trinajstić information content (AvgIpc) is 2.64. The van der Waals surface area contributed by atoms with Gasteiger partial charge in [-0.2, -0.15) is 5.10 Å². The van der Waals surface area contributed by atoms with Crippen molar-refractivity contribution in [1.29, 1.82) is 0 Å². The number of pyridine rings is 1. The molecule has 0 aromatic carbocycles. The molecule has 0 aliphatic rings. The molecule has 4 nitrogen and oxygen atoms in total. The summed E-state index contributed by atoms with van der Waals surface area (Å²) in [5.74, 6) is 0. The molecule has 2 aromatic heterocycles. The smallest absolute Gasteiger partial charge is 0.0738 e. The van der Waals surface area contributed by atoms with Crippen molar-refractivity contribution in [3.63, 3.8) is 0 Å². The fraction of sp³-hybridized carbons (Fsp3) is 0.429. The first-order valence-electron chi connectivity index (χ1n) is 6.40. The first kappa shape index (κ1) is 14.2. The van der Waals surface area contributed by atoms with E-state index < -0.39 is 0 Å². The van der Waals surface area contributed by atoms with E-state index in [4.69, 9.17) is 5.73 Å². The molecular formula is C14H19BrN4. The molecule has 0 fully saturated rings. The number of aromatic nitrogens is 3. The van der Waals surface area contributed by atoms with Crippen LogP contribution in [0.5, 0.6) is 0 Å². The summed E-state index contributed by atoms with van der Waals surface area (Å²) in [4.78, 5) is 4.02. The minimum atomic E-state index is 0.138. The molecule has 0 spiro atoms. The molecule has 0 saturated carbocycles. The number of hydrogen-bond acceptors (Lipinski definition) is 3. The van der Waals surface area contributed by atoms with E-state index in [9.17, 15) is 0 Å². The second-order valence-electron chi connectivity index (χ2n) is 4.83. The van der Waals surface area contributed by atoms with Gasteiger partial charge >= 0.3 is 0 Å². The lowest BCUT2D eigenvalue weighted by atomic mass is 10.0. The number of aryl methyl sites for hydroxylation is 3. The van der Waals surface area contributed by atoms with E-state index in [1.165, 1.54) is 11.3 Å². The maximum Gasteiger partial charge on any atom is 0.0738 e. The van der Waals surface area contributed by atoms with Crippen LogP contribution in [0.1, 0.15) is 23.4 Å². The quantitative estimate of drug-likeness (QED) is 0.919. The average molecular weight is 323 g/mol. The molecule has 102 valence electrons. The first-order valence-corrected chi connectivity index (χ1v) is 7.19. The third-order valence-corrected chi connectivity index (χ3v) is 4.30. The molecule has 2 aromatic rings. The normalized spacial score (nSPS) is 12.6. The highest BCUT2D eigenvalue weighted by atomic mass is 79.9. The zero-order chi connectivity index (χ0) is 13.8. The van der Waals surface area contributed by atoms with Crippen molar-refractivity contribution in [1.82, 2.24) is 14.8 Å². The molecule has 0 aliphatic heterocycles. The SMILES string of the molecule is Cc1nn(C)c(CC(N)CCc2ccncc2)c1Br. The molecule has 0 aliphatic carbocycles. The monoisotopic (exact) mass is 322 g/mol. The van der Waals surface area contributed by atoms with Gasteiger partial charge in [0.05, 0.1) is 15.9 Å². The molecule has 1 unspecified atom stereocenters. The Bertz CT molecular complexity index is 536. The van der Waals surface area contributed by atoms with E-state index in [0.717, 1.165) is 29.4 Å². The van der Waals surface area contributed by atoms with Gasteiger partial charge in [-0.25, -0.2) is 0 Å². The lowest BCUT2D eigenvalue weighted by Gasteiger charge is -2.12. The molecule has 2 heterocycles. The predicted molar refractivity (Wildman–Crippen MR) is 79.9 cm³/mol. The largest absolute Gasteiger partial charge is 0.327 e. The maximum absolute atomic E-state index is 6.22. The van der Waals surface area contributed by atoms with Gasteiger partial charge in [0, 0.05) is 31.9 Å². The Morgan fingerprint density at radius 2 is 2.05 bits per heavy atom. The van der Waals surface area contributed by atoms with Crippen LogP contribution in [-0.4, -0.2) is 20.8 Å². The van der Waals surface area contributed by atoms with Crippen LogP contribution in [0.25, 0.3) is 0 Å². The summed E-state index contributed by atoms with van der Waals surface area (Å²) in [6.07, 6.45) is 6.42. The standard InChI is InChI=1S/C14H19BrN4/c1-10-14(15)13(19(2)18-10)9-12(16)4-3-11-5-7-17-8-6-11/h5-8,12H,3-4,9,16H2,1-2H3. The van der Waals surface area contributed by atoms with Crippen LogP contribution in [0.15, 0.2) is 29.0 Å². The van der Waals surface area contributed by atoms with Crippen LogP contribution >= 0.6 is 15.9 Å². The topological polar surface area (TPSA) is 56.7 Å². The van der Waals surface area contributed by atoms with Gasteiger partial charge in [-0.3, -0.25) is 9.67 Å². The van der Waals surface area contributed by atoms with E-state index >= 15 is 0 Å². The molecule has 2 N–H and O–H groups in total. The lowest BCUT2D eigenvalue weighted by Crippen LogP contribution is -2.25. The maximum atomic E-state index is 6.22. The number of nitrogens with zero attached hydrogens (tertiary/aromatic N) is 3. The van der Waals surface area contributed by atoms with Gasteiger partial charge in [-0.05, 0) is 53.4 Å². The van der Waals surface area contributed by atoms with Crippen LogP contribution in [0, 0.1) is 6.92 Å². The summed E-state index contributed by atoms with van der Waals surface area (Å²) in [6.45, 7) is 2.00. The van der Waals surface area contributed by atoms with Gasteiger partial charge in [0.2, 0.25) is 0 Å². The molecule has 5 heteroatoms. The Morgan fingerprint density at radius 3 is 2.63 bits per heavy atom. The molecule has 1 atom stereocenters. The number of hydrogen-bond donors (Lipinski definition) is 1. The summed E-state index contributed by atoms with van der Waals surface area (Å²) < 4.78 is 2.99. The number of nitrogens with two attached hydrogens (primary N) is 1. The van der Waals surface area contributed by atoms with E-state index in [0.29, 0.717) is 0 Å². The van der Waals surface area contributed by atoms with E-state index in [-0.39, 0.29) is 6.04 Å².